The van der Waals surface area contributed by atoms with E-state index in [1.165, 1.54) is 4.31 Å². The summed E-state index contributed by atoms with van der Waals surface area (Å²) in [6.45, 7) is 12.8. The molecular weight excluding hydrogens is 376 g/mol. The average molecular weight is 405 g/mol. The van der Waals surface area contributed by atoms with Crippen LogP contribution in [-0.4, -0.2) is 59.9 Å². The molecule has 2 aromatic rings. The number of aromatic nitrogens is 2. The third kappa shape index (κ3) is 3.35. The summed E-state index contributed by atoms with van der Waals surface area (Å²) in [5.41, 5.74) is 5.98. The first-order chi connectivity index (χ1) is 13.1. The van der Waals surface area contributed by atoms with Gasteiger partial charge in [0, 0.05) is 31.9 Å². The van der Waals surface area contributed by atoms with Gasteiger partial charge in [-0.3, -0.25) is 9.89 Å². The molecule has 0 radical (unpaired) electrons. The van der Waals surface area contributed by atoms with Gasteiger partial charge in [-0.25, -0.2) is 8.42 Å². The van der Waals surface area contributed by atoms with Crippen molar-refractivity contribution in [3.63, 3.8) is 0 Å². The molecule has 0 saturated carbocycles. The summed E-state index contributed by atoms with van der Waals surface area (Å²) >= 11 is 0. The van der Waals surface area contributed by atoms with Gasteiger partial charge in [0.25, 0.3) is 5.91 Å². The van der Waals surface area contributed by atoms with Crippen LogP contribution in [-0.2, 0) is 10.0 Å². The fourth-order valence-electron chi connectivity index (χ4n) is 3.80. The van der Waals surface area contributed by atoms with Crippen LogP contribution < -0.4 is 0 Å². The molecule has 0 unspecified atom stereocenters. The number of nitrogens with one attached hydrogen (secondary N) is 1. The highest BCUT2D eigenvalue weighted by molar-refractivity contribution is 7.89. The Labute approximate surface area is 166 Å². The number of hydrogen-bond donors (Lipinski definition) is 1. The fraction of sp³-hybridized carbons (Fsp3) is 0.500. The van der Waals surface area contributed by atoms with Crippen molar-refractivity contribution in [1.82, 2.24) is 19.4 Å². The van der Waals surface area contributed by atoms with Crippen molar-refractivity contribution in [3.05, 3.63) is 45.3 Å². The van der Waals surface area contributed by atoms with Gasteiger partial charge in [-0.05, 0) is 75.4 Å². The van der Waals surface area contributed by atoms with Gasteiger partial charge in [0.15, 0.2) is 0 Å². The van der Waals surface area contributed by atoms with E-state index < -0.39 is 10.0 Å². The first-order valence-corrected chi connectivity index (χ1v) is 10.9. The number of sulfonamides is 1. The molecule has 2 heterocycles. The molecule has 1 amide bonds. The summed E-state index contributed by atoms with van der Waals surface area (Å²) in [6, 6.07) is 1.70. The molecule has 0 aliphatic carbocycles. The maximum absolute atomic E-state index is 13.4. The molecule has 1 fully saturated rings. The zero-order valence-corrected chi connectivity index (χ0v) is 18.2. The second kappa shape index (κ2) is 7.33. The number of H-pyrrole nitrogens is 1. The van der Waals surface area contributed by atoms with Gasteiger partial charge in [-0.15, -0.1) is 0 Å². The molecule has 1 aromatic heterocycles. The fourth-order valence-corrected chi connectivity index (χ4v) is 5.79. The third-order valence-electron chi connectivity index (χ3n) is 5.98. The van der Waals surface area contributed by atoms with Crippen molar-refractivity contribution in [2.75, 3.05) is 26.2 Å². The Morgan fingerprint density at radius 3 is 1.86 bits per heavy atom. The number of aryl methyl sites for hydroxylation is 1. The number of carbonyl (C=O) groups excluding carboxylic acids is 1. The highest BCUT2D eigenvalue weighted by Gasteiger charge is 2.33. The van der Waals surface area contributed by atoms with Crippen molar-refractivity contribution in [3.8, 4) is 0 Å². The minimum atomic E-state index is -3.62. The summed E-state index contributed by atoms with van der Waals surface area (Å²) in [5, 5.41) is 6.78. The van der Waals surface area contributed by atoms with Crippen LogP contribution in [0.3, 0.4) is 0 Å². The zero-order chi connectivity index (χ0) is 20.8. The topological polar surface area (TPSA) is 86.4 Å². The van der Waals surface area contributed by atoms with Crippen molar-refractivity contribution in [2.24, 2.45) is 0 Å². The lowest BCUT2D eigenvalue weighted by Gasteiger charge is -2.34. The Hall–Kier alpha value is -2.19. The van der Waals surface area contributed by atoms with Crippen LogP contribution >= 0.6 is 0 Å². The smallest absolute Gasteiger partial charge is 0.274 e. The average Bonchev–Trinajstić information content (AvgIpc) is 3.10. The van der Waals surface area contributed by atoms with Gasteiger partial charge in [-0.1, -0.05) is 0 Å². The van der Waals surface area contributed by atoms with Crippen molar-refractivity contribution in [2.45, 2.75) is 46.4 Å². The first kappa shape index (κ1) is 20.5. The van der Waals surface area contributed by atoms with E-state index in [0.29, 0.717) is 23.7 Å². The maximum atomic E-state index is 13.4. The normalized spacial score (nSPS) is 15.9. The second-order valence-electron chi connectivity index (χ2n) is 7.59. The summed E-state index contributed by atoms with van der Waals surface area (Å²) in [5.74, 6) is -0.171. The molecule has 152 valence electrons. The Balaban J connectivity index is 1.84. The number of benzene rings is 1. The van der Waals surface area contributed by atoms with Gasteiger partial charge in [0.05, 0.1) is 4.90 Å². The van der Waals surface area contributed by atoms with Crippen LogP contribution in [0.5, 0.6) is 0 Å². The Morgan fingerprint density at radius 1 is 0.893 bits per heavy atom. The summed E-state index contributed by atoms with van der Waals surface area (Å²) in [4.78, 5) is 14.6. The lowest BCUT2D eigenvalue weighted by atomic mass is 9.95. The monoisotopic (exact) mass is 404 g/mol. The van der Waals surface area contributed by atoms with Gasteiger partial charge in [0.1, 0.15) is 5.69 Å². The van der Waals surface area contributed by atoms with E-state index in [0.717, 1.165) is 33.5 Å². The third-order valence-corrected chi connectivity index (χ3v) is 8.15. The number of hydrogen-bond acceptors (Lipinski definition) is 4. The van der Waals surface area contributed by atoms with Gasteiger partial charge in [-0.2, -0.15) is 9.40 Å². The molecule has 0 bridgehead atoms. The summed E-state index contributed by atoms with van der Waals surface area (Å²) in [7, 11) is -3.62. The lowest BCUT2D eigenvalue weighted by molar-refractivity contribution is 0.0692. The molecule has 0 spiro atoms. The van der Waals surface area contributed by atoms with E-state index in [1.807, 2.05) is 41.5 Å². The van der Waals surface area contributed by atoms with Crippen molar-refractivity contribution in [1.29, 1.82) is 0 Å². The summed E-state index contributed by atoms with van der Waals surface area (Å²) in [6.07, 6.45) is 0. The molecule has 1 aliphatic rings. The van der Waals surface area contributed by atoms with Gasteiger partial charge < -0.3 is 4.90 Å². The van der Waals surface area contributed by atoms with E-state index in [9.17, 15) is 13.2 Å². The van der Waals surface area contributed by atoms with Crippen LogP contribution in [0.15, 0.2) is 11.0 Å². The zero-order valence-electron chi connectivity index (χ0n) is 17.4. The van der Waals surface area contributed by atoms with E-state index >= 15 is 0 Å². The Kier molecular flexibility index (Phi) is 5.38. The van der Waals surface area contributed by atoms with Gasteiger partial charge in [0.2, 0.25) is 10.0 Å². The molecule has 1 aliphatic heterocycles. The minimum absolute atomic E-state index is 0.171. The maximum Gasteiger partial charge on any atom is 0.274 e. The SMILES string of the molecule is Cc1cc(C(=O)N2CCN(S(=O)(=O)c3c(C)c(C)c(C)c(C)c3C)CC2)n[nH]1. The molecule has 1 aromatic carbocycles. The predicted octanol–water partition coefficient (Wildman–Crippen LogP) is 2.41. The number of rotatable bonds is 3. The molecule has 0 atom stereocenters. The number of amides is 1. The number of nitrogens with zero attached hydrogens (tertiary/aromatic N) is 3. The quantitative estimate of drug-likeness (QED) is 0.851. The molecule has 28 heavy (non-hydrogen) atoms. The van der Waals surface area contributed by atoms with Crippen molar-refractivity contribution < 1.29 is 13.2 Å². The van der Waals surface area contributed by atoms with Crippen molar-refractivity contribution >= 4 is 15.9 Å². The Bertz CT molecular complexity index is 1000. The molecule has 7 nitrogen and oxygen atoms in total. The molecule has 1 saturated heterocycles. The standard InChI is InChI=1S/C20H28N4O3S/c1-12-11-18(22-21-12)20(25)23-7-9-24(10-8-23)28(26,27)19-16(5)14(3)13(2)15(4)17(19)6/h11H,7-10H2,1-6H3,(H,21,22). The Morgan fingerprint density at radius 2 is 1.39 bits per heavy atom. The van der Waals surface area contributed by atoms with Crippen LogP contribution in [0, 0.1) is 41.5 Å². The molecule has 1 N–H and O–H groups in total. The minimum Gasteiger partial charge on any atom is -0.335 e. The molecule has 3 rings (SSSR count). The number of aromatic amines is 1. The number of piperazine rings is 1. The van der Waals surface area contributed by atoms with Crippen LogP contribution in [0.2, 0.25) is 0 Å². The van der Waals surface area contributed by atoms with Crippen LogP contribution in [0.1, 0.15) is 44.0 Å². The first-order valence-electron chi connectivity index (χ1n) is 9.44. The largest absolute Gasteiger partial charge is 0.335 e. The molecular formula is C20H28N4O3S. The van der Waals surface area contributed by atoms with E-state index in [1.54, 1.807) is 11.0 Å². The highest BCUT2D eigenvalue weighted by atomic mass is 32.2. The van der Waals surface area contributed by atoms with Crippen LogP contribution in [0.4, 0.5) is 0 Å². The predicted molar refractivity (Wildman–Crippen MR) is 108 cm³/mol. The number of carbonyl (C=O) groups is 1. The summed E-state index contributed by atoms with van der Waals surface area (Å²) < 4.78 is 28.3. The van der Waals surface area contributed by atoms with E-state index in [4.69, 9.17) is 0 Å². The van der Waals surface area contributed by atoms with E-state index in [-0.39, 0.29) is 19.0 Å². The molecule has 8 heteroatoms. The van der Waals surface area contributed by atoms with Gasteiger partial charge >= 0.3 is 0 Å². The highest BCUT2D eigenvalue weighted by Crippen LogP contribution is 2.32. The van der Waals surface area contributed by atoms with Crippen LogP contribution in [0.25, 0.3) is 0 Å². The lowest BCUT2D eigenvalue weighted by Crippen LogP contribution is -2.50. The second-order valence-corrected chi connectivity index (χ2v) is 9.46. The van der Waals surface area contributed by atoms with E-state index in [2.05, 4.69) is 10.2 Å².